The molecule has 0 unspecified atom stereocenters. The first kappa shape index (κ1) is 27.4. The van der Waals surface area contributed by atoms with Gasteiger partial charge in [0.25, 0.3) is 0 Å². The van der Waals surface area contributed by atoms with E-state index in [1.54, 1.807) is 27.0 Å². The van der Waals surface area contributed by atoms with E-state index in [0.29, 0.717) is 36.5 Å². The third-order valence-corrected chi connectivity index (χ3v) is 8.21. The number of amides is 1. The molecule has 0 aromatic heterocycles. The number of carbonyl (C=O) groups excluding carboxylic acids is 1. The molecule has 1 aliphatic heterocycles. The van der Waals surface area contributed by atoms with Crippen molar-refractivity contribution >= 4 is 15.9 Å². The van der Waals surface area contributed by atoms with Crippen LogP contribution < -0.4 is 14.8 Å². The number of ether oxygens (including phenoxy) is 2. The zero-order valence-corrected chi connectivity index (χ0v) is 21.6. The van der Waals surface area contributed by atoms with Crippen molar-refractivity contribution in [2.45, 2.75) is 50.2 Å². The number of alkyl halides is 1. The lowest BCUT2D eigenvalue weighted by molar-refractivity contribution is -0.131. The molecule has 1 saturated heterocycles. The number of para-hydroxylation sites is 2. The van der Waals surface area contributed by atoms with Crippen molar-refractivity contribution in [2.75, 3.05) is 26.8 Å². The minimum Gasteiger partial charge on any atom is -0.493 e. The highest BCUT2D eigenvalue weighted by atomic mass is 32.2. The standard InChI is InChI=1S/C26H32FN3O5S/c1-26(2,14-6-16-35-24-8-5-4-7-23(24)34-3)25(31)29-22-13-15-30(18-21(22)27)36(32,33)20-11-9-19(17-28)10-12-20/h4-5,7-12,21-22H,6,13-16,18H2,1-3H3,(H,29,31)/t21-,22-/m0/s1. The quantitative estimate of drug-likeness (QED) is 0.482. The van der Waals surface area contributed by atoms with E-state index in [1.807, 2.05) is 24.3 Å². The summed E-state index contributed by atoms with van der Waals surface area (Å²) in [4.78, 5) is 12.9. The van der Waals surface area contributed by atoms with Crippen LogP contribution in [-0.4, -0.2) is 57.6 Å². The Morgan fingerprint density at radius 1 is 1.19 bits per heavy atom. The first-order chi connectivity index (χ1) is 17.1. The number of piperidine rings is 1. The lowest BCUT2D eigenvalue weighted by Gasteiger charge is -2.36. The number of methoxy groups -OCH3 is 1. The summed E-state index contributed by atoms with van der Waals surface area (Å²) in [5, 5.41) is 11.7. The summed E-state index contributed by atoms with van der Waals surface area (Å²) in [6.07, 6.45) is -0.244. The van der Waals surface area contributed by atoms with Gasteiger partial charge in [-0.2, -0.15) is 9.57 Å². The van der Waals surface area contributed by atoms with Crippen LogP contribution >= 0.6 is 0 Å². The Hall–Kier alpha value is -3.16. The number of nitrogens with zero attached hydrogens (tertiary/aromatic N) is 2. The number of benzene rings is 2. The van der Waals surface area contributed by atoms with Crippen LogP contribution in [0.25, 0.3) is 0 Å². The van der Waals surface area contributed by atoms with Crippen LogP contribution in [0.15, 0.2) is 53.4 Å². The smallest absolute Gasteiger partial charge is 0.243 e. The second-order valence-electron chi connectivity index (χ2n) is 9.37. The Morgan fingerprint density at radius 2 is 1.86 bits per heavy atom. The van der Waals surface area contributed by atoms with Crippen LogP contribution in [0.2, 0.25) is 0 Å². The molecule has 10 heteroatoms. The normalized spacial score (nSPS) is 18.8. The molecule has 1 amide bonds. The number of nitriles is 1. The Bertz CT molecular complexity index is 1190. The van der Waals surface area contributed by atoms with Gasteiger partial charge in [-0.1, -0.05) is 26.0 Å². The highest BCUT2D eigenvalue weighted by Crippen LogP contribution is 2.28. The molecular formula is C26H32FN3O5S. The molecule has 2 aromatic carbocycles. The Kier molecular flexibility index (Phi) is 8.93. The van der Waals surface area contributed by atoms with Gasteiger partial charge in [0.05, 0.1) is 36.3 Å². The fourth-order valence-electron chi connectivity index (χ4n) is 4.02. The second kappa shape index (κ2) is 11.7. The third kappa shape index (κ3) is 6.53. The average Bonchev–Trinajstić information content (AvgIpc) is 2.87. The van der Waals surface area contributed by atoms with Gasteiger partial charge in [0, 0.05) is 18.5 Å². The summed E-state index contributed by atoms with van der Waals surface area (Å²) in [6, 6.07) is 14.0. The summed E-state index contributed by atoms with van der Waals surface area (Å²) in [7, 11) is -2.32. The molecule has 1 heterocycles. The summed E-state index contributed by atoms with van der Waals surface area (Å²) < 4.78 is 52.9. The number of rotatable bonds is 10. The van der Waals surface area contributed by atoms with Crippen LogP contribution in [0.5, 0.6) is 11.5 Å². The molecule has 194 valence electrons. The Balaban J connectivity index is 1.50. The van der Waals surface area contributed by atoms with Gasteiger partial charge in [0.2, 0.25) is 15.9 Å². The van der Waals surface area contributed by atoms with E-state index in [2.05, 4.69) is 5.32 Å². The van der Waals surface area contributed by atoms with Gasteiger partial charge in [-0.15, -0.1) is 0 Å². The molecule has 1 fully saturated rings. The lowest BCUT2D eigenvalue weighted by Crippen LogP contribution is -2.55. The van der Waals surface area contributed by atoms with E-state index in [4.69, 9.17) is 14.7 Å². The maximum Gasteiger partial charge on any atom is 0.243 e. The number of hydrogen-bond acceptors (Lipinski definition) is 6. The van der Waals surface area contributed by atoms with Crippen molar-refractivity contribution in [3.63, 3.8) is 0 Å². The molecule has 36 heavy (non-hydrogen) atoms. The van der Waals surface area contributed by atoms with Crippen LogP contribution in [0, 0.1) is 16.7 Å². The lowest BCUT2D eigenvalue weighted by atomic mass is 9.86. The van der Waals surface area contributed by atoms with E-state index in [9.17, 15) is 17.6 Å². The minimum absolute atomic E-state index is 0.00709. The molecule has 0 radical (unpaired) electrons. The van der Waals surface area contributed by atoms with Crippen molar-refractivity contribution in [3.8, 4) is 17.6 Å². The highest BCUT2D eigenvalue weighted by molar-refractivity contribution is 7.89. The van der Waals surface area contributed by atoms with Crippen molar-refractivity contribution in [3.05, 3.63) is 54.1 Å². The van der Waals surface area contributed by atoms with E-state index < -0.39 is 27.7 Å². The van der Waals surface area contributed by atoms with Crippen LogP contribution in [0.3, 0.4) is 0 Å². The molecule has 1 N–H and O–H groups in total. The van der Waals surface area contributed by atoms with E-state index in [0.717, 1.165) is 4.31 Å². The summed E-state index contributed by atoms with van der Waals surface area (Å²) in [5.74, 6) is 0.983. The first-order valence-electron chi connectivity index (χ1n) is 11.8. The molecule has 3 rings (SSSR count). The molecule has 0 spiro atoms. The van der Waals surface area contributed by atoms with E-state index >= 15 is 0 Å². The number of sulfonamides is 1. The largest absolute Gasteiger partial charge is 0.493 e. The molecule has 0 saturated carbocycles. The van der Waals surface area contributed by atoms with Gasteiger partial charge < -0.3 is 14.8 Å². The molecule has 0 bridgehead atoms. The number of nitrogens with one attached hydrogen (secondary N) is 1. The zero-order chi connectivity index (χ0) is 26.3. The number of halogens is 1. The molecule has 2 aromatic rings. The Labute approximate surface area is 212 Å². The van der Waals surface area contributed by atoms with Crippen LogP contribution in [0.4, 0.5) is 4.39 Å². The van der Waals surface area contributed by atoms with Gasteiger partial charge in [-0.25, -0.2) is 12.8 Å². The van der Waals surface area contributed by atoms with E-state index in [-0.39, 0.29) is 30.3 Å². The van der Waals surface area contributed by atoms with E-state index in [1.165, 1.54) is 24.3 Å². The average molecular weight is 518 g/mol. The highest BCUT2D eigenvalue weighted by Gasteiger charge is 2.38. The van der Waals surface area contributed by atoms with Crippen molar-refractivity contribution in [1.82, 2.24) is 9.62 Å². The molecule has 0 aliphatic carbocycles. The van der Waals surface area contributed by atoms with Gasteiger partial charge in [0.1, 0.15) is 6.17 Å². The fourth-order valence-corrected chi connectivity index (χ4v) is 5.48. The third-order valence-electron chi connectivity index (χ3n) is 6.33. The maximum absolute atomic E-state index is 15.0. The minimum atomic E-state index is -3.89. The summed E-state index contributed by atoms with van der Waals surface area (Å²) in [6.45, 7) is 3.72. The van der Waals surface area contributed by atoms with Crippen LogP contribution in [0.1, 0.15) is 38.7 Å². The number of hydrogen-bond donors (Lipinski definition) is 1. The predicted octanol–water partition coefficient (Wildman–Crippen LogP) is 3.67. The second-order valence-corrected chi connectivity index (χ2v) is 11.3. The van der Waals surface area contributed by atoms with Gasteiger partial charge in [-0.05, 0) is 55.7 Å². The van der Waals surface area contributed by atoms with Gasteiger partial charge in [-0.3, -0.25) is 4.79 Å². The number of carbonyl (C=O) groups is 1. The van der Waals surface area contributed by atoms with Gasteiger partial charge in [0.15, 0.2) is 11.5 Å². The molecule has 1 aliphatic rings. The zero-order valence-electron chi connectivity index (χ0n) is 20.7. The first-order valence-corrected chi connectivity index (χ1v) is 13.2. The Morgan fingerprint density at radius 3 is 2.47 bits per heavy atom. The molecule has 2 atom stereocenters. The van der Waals surface area contributed by atoms with Gasteiger partial charge >= 0.3 is 0 Å². The fraction of sp³-hybridized carbons (Fsp3) is 0.462. The molecule has 8 nitrogen and oxygen atoms in total. The van der Waals surface area contributed by atoms with Crippen molar-refractivity contribution in [1.29, 1.82) is 5.26 Å². The van der Waals surface area contributed by atoms with Crippen LogP contribution in [-0.2, 0) is 14.8 Å². The molecular weight excluding hydrogens is 485 g/mol. The summed E-state index contributed by atoms with van der Waals surface area (Å²) >= 11 is 0. The SMILES string of the molecule is COc1ccccc1OCCCC(C)(C)C(=O)N[C@H]1CCN(S(=O)(=O)c2ccc(C#N)cc2)C[C@@H]1F. The maximum atomic E-state index is 15.0. The summed E-state index contributed by atoms with van der Waals surface area (Å²) in [5.41, 5.74) is -0.414. The predicted molar refractivity (Wildman–Crippen MR) is 133 cm³/mol. The monoisotopic (exact) mass is 517 g/mol. The topological polar surface area (TPSA) is 109 Å². The van der Waals surface area contributed by atoms with Crippen molar-refractivity contribution < 1.29 is 27.1 Å². The van der Waals surface area contributed by atoms with Crippen molar-refractivity contribution in [2.24, 2.45) is 5.41 Å².